The Labute approximate surface area is 124 Å². The topological polar surface area (TPSA) is 57.2 Å². The highest BCUT2D eigenvalue weighted by molar-refractivity contribution is 6.31. The van der Waals surface area contributed by atoms with E-state index in [2.05, 4.69) is 0 Å². The number of benzene rings is 1. The maximum Gasteiger partial charge on any atom is 0.450 e. The van der Waals surface area contributed by atoms with Crippen molar-refractivity contribution in [2.24, 2.45) is 5.92 Å². The first kappa shape index (κ1) is 18.3. The molecule has 0 heterocycles. The Kier molecular flexibility index (Phi) is 5.11. The van der Waals surface area contributed by atoms with Gasteiger partial charge in [0.25, 0.3) is 0 Å². The SMILES string of the molecule is O=C([O-])C(Cc1ccc(C(F)(F)F)c(Cl)c1)C(=O)C(F)(F)F. The van der Waals surface area contributed by atoms with E-state index in [1.807, 2.05) is 0 Å². The number of hydrogen-bond donors (Lipinski definition) is 0. The highest BCUT2D eigenvalue weighted by Crippen LogP contribution is 2.35. The molecule has 22 heavy (non-hydrogen) atoms. The number of ketones is 1. The normalized spacial score (nSPS) is 13.8. The molecule has 0 amide bonds. The number of halogens is 7. The molecule has 0 saturated heterocycles. The lowest BCUT2D eigenvalue weighted by Crippen LogP contribution is -2.43. The van der Waals surface area contributed by atoms with E-state index in [0.29, 0.717) is 12.1 Å². The van der Waals surface area contributed by atoms with Crippen molar-refractivity contribution in [1.29, 1.82) is 0 Å². The average molecular weight is 348 g/mol. The highest BCUT2D eigenvalue weighted by atomic mass is 35.5. The fraction of sp³-hybridized carbons (Fsp3) is 0.333. The number of carbonyl (C=O) groups excluding carboxylic acids is 2. The highest BCUT2D eigenvalue weighted by Gasteiger charge is 2.44. The molecule has 0 bridgehead atoms. The van der Waals surface area contributed by atoms with Crippen LogP contribution in [0.25, 0.3) is 0 Å². The van der Waals surface area contributed by atoms with Crippen LogP contribution in [0.1, 0.15) is 11.1 Å². The molecule has 0 saturated carbocycles. The van der Waals surface area contributed by atoms with Gasteiger partial charge in [0.05, 0.1) is 22.5 Å². The van der Waals surface area contributed by atoms with Crippen LogP contribution in [0.5, 0.6) is 0 Å². The molecule has 0 aliphatic heterocycles. The first-order chi connectivity index (χ1) is 9.84. The van der Waals surface area contributed by atoms with Gasteiger partial charge in [-0.05, 0) is 24.1 Å². The number of Topliss-reactive ketones (excluding diaryl/α,β-unsaturated/α-hetero) is 1. The van der Waals surface area contributed by atoms with Crippen LogP contribution in [0, 0.1) is 5.92 Å². The minimum Gasteiger partial charge on any atom is -0.549 e. The van der Waals surface area contributed by atoms with Crippen molar-refractivity contribution in [3.05, 3.63) is 34.3 Å². The van der Waals surface area contributed by atoms with Crippen LogP contribution in [-0.2, 0) is 22.2 Å². The molecule has 0 aromatic heterocycles. The second-order valence-electron chi connectivity index (χ2n) is 4.25. The molecule has 1 atom stereocenters. The summed E-state index contributed by atoms with van der Waals surface area (Å²) in [4.78, 5) is 21.6. The number of rotatable bonds is 4. The van der Waals surface area contributed by atoms with Crippen LogP contribution < -0.4 is 5.11 Å². The Balaban J connectivity index is 3.09. The van der Waals surface area contributed by atoms with Crippen LogP contribution in [0.15, 0.2) is 18.2 Å². The average Bonchev–Trinajstić information content (AvgIpc) is 2.32. The number of hydrogen-bond acceptors (Lipinski definition) is 3. The number of carboxylic acid groups (broad SMARTS) is 1. The van der Waals surface area contributed by atoms with Gasteiger partial charge in [0.2, 0.25) is 5.78 Å². The summed E-state index contributed by atoms with van der Waals surface area (Å²) in [5, 5.41) is 9.84. The van der Waals surface area contributed by atoms with Gasteiger partial charge in [0.15, 0.2) is 0 Å². The zero-order chi connectivity index (χ0) is 17.3. The molecule has 0 N–H and O–H groups in total. The summed E-state index contributed by atoms with van der Waals surface area (Å²) in [6.07, 6.45) is -11.2. The van der Waals surface area contributed by atoms with E-state index >= 15 is 0 Å². The van der Waals surface area contributed by atoms with Crippen LogP contribution >= 0.6 is 11.6 Å². The zero-order valence-corrected chi connectivity index (χ0v) is 11.1. The molecule has 10 heteroatoms. The van der Waals surface area contributed by atoms with E-state index in [9.17, 15) is 41.0 Å². The molecule has 3 nitrogen and oxygen atoms in total. The van der Waals surface area contributed by atoms with Gasteiger partial charge in [-0.3, -0.25) is 4.79 Å². The minimum absolute atomic E-state index is 0.273. The predicted molar refractivity (Wildman–Crippen MR) is 59.7 cm³/mol. The van der Waals surface area contributed by atoms with E-state index in [4.69, 9.17) is 11.6 Å². The van der Waals surface area contributed by atoms with Crippen LogP contribution in [0.4, 0.5) is 26.3 Å². The maximum atomic E-state index is 12.5. The van der Waals surface area contributed by atoms with E-state index in [1.165, 1.54) is 0 Å². The van der Waals surface area contributed by atoms with Crippen LogP contribution in [0.2, 0.25) is 5.02 Å². The van der Waals surface area contributed by atoms with E-state index in [1.54, 1.807) is 0 Å². The lowest BCUT2D eigenvalue weighted by molar-refractivity contribution is -0.311. The third kappa shape index (κ3) is 4.36. The quantitative estimate of drug-likeness (QED) is 0.621. The third-order valence-electron chi connectivity index (χ3n) is 2.66. The van der Waals surface area contributed by atoms with Crippen molar-refractivity contribution < 1.29 is 41.0 Å². The second-order valence-corrected chi connectivity index (χ2v) is 4.66. The molecule has 1 unspecified atom stereocenters. The molecule has 1 aromatic rings. The standard InChI is InChI=1S/C12H7ClF6O3/c13-8-4-5(1-2-7(8)11(14,15)16)3-6(10(21)22)9(20)12(17,18)19/h1-2,4,6H,3H2,(H,21,22)/p-1. The smallest absolute Gasteiger partial charge is 0.450 e. The van der Waals surface area contributed by atoms with Gasteiger partial charge >= 0.3 is 12.4 Å². The zero-order valence-electron chi connectivity index (χ0n) is 10.4. The molecule has 0 radical (unpaired) electrons. The number of carboxylic acids is 1. The maximum absolute atomic E-state index is 12.5. The monoisotopic (exact) mass is 347 g/mol. The summed E-state index contributed by atoms with van der Waals surface area (Å²) in [5.41, 5.74) is -1.50. The number of carbonyl (C=O) groups is 2. The minimum atomic E-state index is -5.40. The van der Waals surface area contributed by atoms with Gasteiger partial charge in [-0.1, -0.05) is 17.7 Å². The third-order valence-corrected chi connectivity index (χ3v) is 2.97. The van der Waals surface area contributed by atoms with Crippen molar-refractivity contribution in [2.45, 2.75) is 18.8 Å². The molecule has 0 spiro atoms. The van der Waals surface area contributed by atoms with Gasteiger partial charge < -0.3 is 9.90 Å². The summed E-state index contributed by atoms with van der Waals surface area (Å²) in [6.45, 7) is 0. The predicted octanol–water partition coefficient (Wildman–Crippen LogP) is 2.40. The fourth-order valence-corrected chi connectivity index (χ4v) is 1.94. The Bertz CT molecular complexity index is 594. The Hall–Kier alpha value is -1.77. The van der Waals surface area contributed by atoms with E-state index in [0.717, 1.165) is 6.07 Å². The van der Waals surface area contributed by atoms with Gasteiger partial charge in [-0.2, -0.15) is 26.3 Å². The molecular formula is C12H6ClF6O3-. The van der Waals surface area contributed by atoms with Gasteiger partial charge in [-0.25, -0.2) is 0 Å². The van der Waals surface area contributed by atoms with Crippen molar-refractivity contribution in [3.8, 4) is 0 Å². The van der Waals surface area contributed by atoms with Crippen molar-refractivity contribution >= 4 is 23.4 Å². The fourth-order valence-electron chi connectivity index (χ4n) is 1.63. The number of alkyl halides is 6. The van der Waals surface area contributed by atoms with E-state index in [-0.39, 0.29) is 5.56 Å². The summed E-state index contributed by atoms with van der Waals surface area (Å²) in [6, 6.07) is 1.89. The molecule has 1 rings (SSSR count). The van der Waals surface area contributed by atoms with Gasteiger partial charge in [0, 0.05) is 0 Å². The molecular weight excluding hydrogens is 342 g/mol. The Morgan fingerprint density at radius 2 is 1.68 bits per heavy atom. The van der Waals surface area contributed by atoms with Crippen LogP contribution in [0.3, 0.4) is 0 Å². The largest absolute Gasteiger partial charge is 0.549 e. The lowest BCUT2D eigenvalue weighted by atomic mass is 9.94. The summed E-state index contributed by atoms with van der Waals surface area (Å²) < 4.78 is 74.1. The van der Waals surface area contributed by atoms with E-state index < -0.39 is 47.0 Å². The Morgan fingerprint density at radius 1 is 1.14 bits per heavy atom. The molecule has 0 fully saturated rings. The summed E-state index contributed by atoms with van der Waals surface area (Å²) in [5.74, 6) is -7.39. The van der Waals surface area contributed by atoms with Crippen molar-refractivity contribution in [2.75, 3.05) is 0 Å². The summed E-state index contributed by atoms with van der Waals surface area (Å²) >= 11 is 5.36. The lowest BCUT2D eigenvalue weighted by Gasteiger charge is -2.19. The second kappa shape index (κ2) is 6.15. The molecule has 1 aromatic carbocycles. The molecule has 122 valence electrons. The van der Waals surface area contributed by atoms with Gasteiger partial charge in [-0.15, -0.1) is 0 Å². The molecule has 0 aliphatic carbocycles. The van der Waals surface area contributed by atoms with Gasteiger partial charge in [0.1, 0.15) is 0 Å². The van der Waals surface area contributed by atoms with Crippen molar-refractivity contribution in [3.63, 3.8) is 0 Å². The summed E-state index contributed by atoms with van der Waals surface area (Å²) in [7, 11) is 0. The van der Waals surface area contributed by atoms with Crippen LogP contribution in [-0.4, -0.2) is 17.9 Å². The van der Waals surface area contributed by atoms with Crippen molar-refractivity contribution in [1.82, 2.24) is 0 Å². The molecule has 0 aliphatic rings. The first-order valence-corrected chi connectivity index (χ1v) is 5.89. The number of aliphatic carboxylic acids is 1. The first-order valence-electron chi connectivity index (χ1n) is 5.51. The Morgan fingerprint density at radius 3 is 2.05 bits per heavy atom.